The Bertz CT molecular complexity index is 1210. The van der Waals surface area contributed by atoms with Crippen LogP contribution in [0.1, 0.15) is 5.01 Å². The number of methoxy groups -OCH3 is 1. The number of aromatic nitrogens is 3. The number of nitrogens with zero attached hydrogens (tertiary/aromatic N) is 3. The lowest BCUT2D eigenvalue weighted by atomic mass is 10.0. The fourth-order valence-corrected chi connectivity index (χ4v) is 5.05. The van der Waals surface area contributed by atoms with Gasteiger partial charge in [0.1, 0.15) is 22.8 Å². The van der Waals surface area contributed by atoms with Crippen molar-refractivity contribution in [2.75, 3.05) is 7.11 Å². The van der Waals surface area contributed by atoms with Crippen LogP contribution in [0, 0.1) is 0 Å². The zero-order valence-corrected chi connectivity index (χ0v) is 16.0. The molecule has 0 atom stereocenters. The Morgan fingerprint density at radius 1 is 1.04 bits per heavy atom. The monoisotopic (exact) mass is 397 g/mol. The molecular formula is C19H15N3O3S2. The number of ether oxygens (including phenoxy) is 1. The van der Waals surface area contributed by atoms with Gasteiger partial charge in [0.05, 0.1) is 17.5 Å². The van der Waals surface area contributed by atoms with Crippen molar-refractivity contribution in [2.24, 2.45) is 0 Å². The van der Waals surface area contributed by atoms with Gasteiger partial charge in [-0.2, -0.15) is 4.37 Å². The van der Waals surface area contributed by atoms with Crippen LogP contribution in [0.15, 0.2) is 66.0 Å². The topological polar surface area (TPSA) is 82.0 Å². The third kappa shape index (κ3) is 3.41. The quantitative estimate of drug-likeness (QED) is 0.510. The van der Waals surface area contributed by atoms with Gasteiger partial charge in [-0.05, 0) is 41.4 Å². The Morgan fingerprint density at radius 3 is 2.67 bits per heavy atom. The van der Waals surface area contributed by atoms with Gasteiger partial charge in [-0.25, -0.2) is 13.4 Å². The number of hydrogen-bond acceptors (Lipinski definition) is 7. The van der Waals surface area contributed by atoms with Crippen molar-refractivity contribution in [3.05, 3.63) is 66.1 Å². The standard InChI is InChI=1S/C19H15N3O3S2/c1-25-18-5-3-2-4-16(18)14-8-9-20-17-10-13(6-7-15(14)17)27(23,24)11-19-21-12-22-26-19/h2-10,12H,11H2,1H3. The molecule has 0 saturated heterocycles. The molecule has 0 aliphatic rings. The maximum absolute atomic E-state index is 12.7. The number of pyridine rings is 1. The molecule has 4 aromatic rings. The van der Waals surface area contributed by atoms with E-state index in [1.807, 2.05) is 30.3 Å². The average Bonchev–Trinajstić information content (AvgIpc) is 3.19. The summed E-state index contributed by atoms with van der Waals surface area (Å²) in [5, 5.41) is 1.32. The molecule has 0 bridgehead atoms. The lowest BCUT2D eigenvalue weighted by Crippen LogP contribution is -2.05. The molecule has 0 N–H and O–H groups in total. The van der Waals surface area contributed by atoms with Gasteiger partial charge in [0.25, 0.3) is 0 Å². The molecule has 6 nitrogen and oxygen atoms in total. The van der Waals surface area contributed by atoms with E-state index in [9.17, 15) is 8.42 Å². The van der Waals surface area contributed by atoms with Crippen LogP contribution in [-0.4, -0.2) is 29.9 Å². The zero-order chi connectivity index (χ0) is 18.9. The summed E-state index contributed by atoms with van der Waals surface area (Å²) in [7, 11) is -1.90. The van der Waals surface area contributed by atoms with E-state index in [-0.39, 0.29) is 10.6 Å². The minimum Gasteiger partial charge on any atom is -0.496 e. The first-order chi connectivity index (χ1) is 13.1. The van der Waals surface area contributed by atoms with Crippen LogP contribution >= 0.6 is 11.5 Å². The van der Waals surface area contributed by atoms with Crippen LogP contribution < -0.4 is 4.74 Å². The van der Waals surface area contributed by atoms with Gasteiger partial charge in [0.2, 0.25) is 0 Å². The van der Waals surface area contributed by atoms with Gasteiger partial charge in [-0.1, -0.05) is 24.3 Å². The maximum Gasteiger partial charge on any atom is 0.185 e. The van der Waals surface area contributed by atoms with E-state index >= 15 is 0 Å². The number of fused-ring (bicyclic) bond motifs is 1. The Labute approximate surface area is 160 Å². The van der Waals surface area contributed by atoms with Crippen LogP contribution in [0.4, 0.5) is 0 Å². The highest BCUT2D eigenvalue weighted by molar-refractivity contribution is 7.90. The number of para-hydroxylation sites is 1. The molecule has 8 heteroatoms. The Morgan fingerprint density at radius 2 is 1.89 bits per heavy atom. The van der Waals surface area contributed by atoms with Gasteiger partial charge >= 0.3 is 0 Å². The highest BCUT2D eigenvalue weighted by atomic mass is 32.2. The van der Waals surface area contributed by atoms with Crippen molar-refractivity contribution in [3.8, 4) is 16.9 Å². The Hall–Kier alpha value is -2.84. The third-order valence-electron chi connectivity index (χ3n) is 4.19. The molecule has 0 spiro atoms. The van der Waals surface area contributed by atoms with Gasteiger partial charge in [0, 0.05) is 17.1 Å². The number of hydrogen-bond donors (Lipinski definition) is 0. The first-order valence-electron chi connectivity index (χ1n) is 8.09. The largest absolute Gasteiger partial charge is 0.496 e. The molecule has 0 saturated carbocycles. The first-order valence-corrected chi connectivity index (χ1v) is 10.5. The van der Waals surface area contributed by atoms with Gasteiger partial charge in [-0.15, -0.1) is 0 Å². The molecule has 0 unspecified atom stereocenters. The highest BCUT2D eigenvalue weighted by Gasteiger charge is 2.19. The second-order valence-electron chi connectivity index (χ2n) is 5.83. The van der Waals surface area contributed by atoms with E-state index in [1.54, 1.807) is 31.5 Å². The van der Waals surface area contributed by atoms with Crippen molar-refractivity contribution in [2.45, 2.75) is 10.6 Å². The third-order valence-corrected chi connectivity index (χ3v) is 6.66. The van der Waals surface area contributed by atoms with E-state index in [0.29, 0.717) is 10.5 Å². The van der Waals surface area contributed by atoms with Crippen LogP contribution in [-0.2, 0) is 15.6 Å². The summed E-state index contributed by atoms with van der Waals surface area (Å²) < 4.78 is 34.7. The van der Waals surface area contributed by atoms with Crippen molar-refractivity contribution < 1.29 is 13.2 Å². The second kappa shape index (κ2) is 7.05. The fraction of sp³-hybridized carbons (Fsp3) is 0.105. The second-order valence-corrected chi connectivity index (χ2v) is 8.69. The molecule has 136 valence electrons. The highest BCUT2D eigenvalue weighted by Crippen LogP contribution is 2.35. The zero-order valence-electron chi connectivity index (χ0n) is 14.4. The van der Waals surface area contributed by atoms with Gasteiger partial charge in [0.15, 0.2) is 9.84 Å². The summed E-state index contributed by atoms with van der Waals surface area (Å²) >= 11 is 1.08. The van der Waals surface area contributed by atoms with Crippen LogP contribution in [0.3, 0.4) is 0 Å². The molecule has 0 radical (unpaired) electrons. The average molecular weight is 397 g/mol. The van der Waals surface area contributed by atoms with E-state index < -0.39 is 9.84 Å². The Balaban J connectivity index is 1.81. The normalized spacial score (nSPS) is 11.6. The summed E-state index contributed by atoms with van der Waals surface area (Å²) in [4.78, 5) is 8.54. The molecule has 2 heterocycles. The number of rotatable bonds is 5. The molecule has 4 rings (SSSR count). The molecule has 2 aromatic carbocycles. The molecule has 2 aromatic heterocycles. The van der Waals surface area contributed by atoms with E-state index in [1.165, 1.54) is 6.33 Å². The fourth-order valence-electron chi connectivity index (χ4n) is 2.93. The lowest BCUT2D eigenvalue weighted by Gasteiger charge is -2.11. The minimum atomic E-state index is -3.52. The van der Waals surface area contributed by atoms with Crippen molar-refractivity contribution in [3.63, 3.8) is 0 Å². The van der Waals surface area contributed by atoms with Crippen molar-refractivity contribution in [1.29, 1.82) is 0 Å². The molecule has 0 amide bonds. The minimum absolute atomic E-state index is 0.171. The lowest BCUT2D eigenvalue weighted by molar-refractivity contribution is 0.416. The first kappa shape index (κ1) is 17.6. The molecule has 0 aliphatic heterocycles. The van der Waals surface area contributed by atoms with Crippen molar-refractivity contribution >= 4 is 32.3 Å². The number of sulfone groups is 1. The SMILES string of the molecule is COc1ccccc1-c1ccnc2cc(S(=O)(=O)Cc3ncns3)ccc12. The molecule has 0 aliphatic carbocycles. The van der Waals surface area contributed by atoms with Gasteiger partial charge < -0.3 is 4.74 Å². The number of benzene rings is 2. The molecule has 27 heavy (non-hydrogen) atoms. The van der Waals surface area contributed by atoms with Crippen LogP contribution in [0.5, 0.6) is 5.75 Å². The summed E-state index contributed by atoms with van der Waals surface area (Å²) in [6.07, 6.45) is 3.03. The predicted octanol–water partition coefficient (Wildman–Crippen LogP) is 3.74. The van der Waals surface area contributed by atoms with Crippen LogP contribution in [0.2, 0.25) is 0 Å². The van der Waals surface area contributed by atoms with Crippen LogP contribution in [0.25, 0.3) is 22.0 Å². The Kier molecular flexibility index (Phi) is 4.59. The van der Waals surface area contributed by atoms with E-state index in [4.69, 9.17) is 4.74 Å². The smallest absolute Gasteiger partial charge is 0.185 e. The van der Waals surface area contributed by atoms with Crippen molar-refractivity contribution in [1.82, 2.24) is 14.3 Å². The van der Waals surface area contributed by atoms with E-state index in [0.717, 1.165) is 33.8 Å². The predicted molar refractivity (Wildman–Crippen MR) is 105 cm³/mol. The maximum atomic E-state index is 12.7. The summed E-state index contributed by atoms with van der Waals surface area (Å²) in [6.45, 7) is 0. The van der Waals surface area contributed by atoms with E-state index in [2.05, 4.69) is 14.3 Å². The summed E-state index contributed by atoms with van der Waals surface area (Å²) in [6, 6.07) is 14.6. The molecule has 0 fully saturated rings. The van der Waals surface area contributed by atoms with Gasteiger partial charge in [-0.3, -0.25) is 4.98 Å². The summed E-state index contributed by atoms with van der Waals surface area (Å²) in [5.74, 6) is 0.577. The summed E-state index contributed by atoms with van der Waals surface area (Å²) in [5.41, 5.74) is 2.47. The molecular weight excluding hydrogens is 382 g/mol.